The number of pyridine rings is 1. The minimum atomic E-state index is -4.55. The maximum absolute atomic E-state index is 12.7. The summed E-state index contributed by atoms with van der Waals surface area (Å²) in [6.07, 6.45) is -3.92. The molecular formula is C20H16F3N5O4. The van der Waals surface area contributed by atoms with E-state index < -0.39 is 29.5 Å². The number of benzene rings is 1. The van der Waals surface area contributed by atoms with E-state index in [1.165, 1.54) is 31.2 Å². The van der Waals surface area contributed by atoms with Crippen molar-refractivity contribution in [1.82, 2.24) is 20.2 Å². The van der Waals surface area contributed by atoms with Crippen LogP contribution in [0.4, 0.5) is 13.2 Å². The number of aryl methyl sites for hydroxylation is 1. The molecule has 2 aromatic heterocycles. The molecule has 0 saturated carbocycles. The van der Waals surface area contributed by atoms with E-state index in [1.54, 1.807) is 6.92 Å². The standard InChI is InChI=1S/C20H16F3N5O4/c1-10(25-26-17(29)12-3-5-13(6-4-12)19(31)32)16-11(2)27-28(18(16)30)15-8-7-14(9-24-15)20(21,22)23/h3-9,30H,1-2H3,(H,26,29)(H,31,32). The van der Waals surface area contributed by atoms with E-state index in [2.05, 4.69) is 20.6 Å². The van der Waals surface area contributed by atoms with Crippen molar-refractivity contribution in [3.05, 3.63) is 70.5 Å². The lowest BCUT2D eigenvalue weighted by atomic mass is 10.1. The Bertz CT molecular complexity index is 1200. The van der Waals surface area contributed by atoms with Crippen LogP contribution in [0.15, 0.2) is 47.7 Å². The predicted octanol–water partition coefficient (Wildman–Crippen LogP) is 3.15. The highest BCUT2D eigenvalue weighted by atomic mass is 19.4. The molecule has 3 aromatic rings. The monoisotopic (exact) mass is 447 g/mol. The Kier molecular flexibility index (Phi) is 5.96. The van der Waals surface area contributed by atoms with Gasteiger partial charge in [0.2, 0.25) is 5.88 Å². The van der Waals surface area contributed by atoms with E-state index in [9.17, 15) is 27.9 Å². The van der Waals surface area contributed by atoms with Crippen LogP contribution in [0.2, 0.25) is 0 Å². The van der Waals surface area contributed by atoms with E-state index in [-0.39, 0.29) is 28.2 Å². The maximum Gasteiger partial charge on any atom is 0.417 e. The number of aromatic nitrogens is 3. The van der Waals surface area contributed by atoms with Gasteiger partial charge in [-0.1, -0.05) is 0 Å². The lowest BCUT2D eigenvalue weighted by molar-refractivity contribution is -0.137. The van der Waals surface area contributed by atoms with Crippen LogP contribution in [0.1, 0.15) is 44.5 Å². The number of aromatic carboxylic acids is 1. The fraction of sp³-hybridized carbons (Fsp3) is 0.150. The molecule has 1 aromatic carbocycles. The van der Waals surface area contributed by atoms with Gasteiger partial charge >= 0.3 is 12.1 Å². The van der Waals surface area contributed by atoms with Gasteiger partial charge in [0.1, 0.15) is 0 Å². The van der Waals surface area contributed by atoms with Crippen molar-refractivity contribution >= 4 is 17.6 Å². The summed E-state index contributed by atoms with van der Waals surface area (Å²) in [5.74, 6) is -2.21. The molecule has 1 amide bonds. The van der Waals surface area contributed by atoms with E-state index >= 15 is 0 Å². The van der Waals surface area contributed by atoms with E-state index in [4.69, 9.17) is 5.11 Å². The van der Waals surface area contributed by atoms with Gasteiger partial charge in [-0.05, 0) is 50.2 Å². The van der Waals surface area contributed by atoms with Gasteiger partial charge < -0.3 is 10.2 Å². The molecule has 0 aliphatic carbocycles. The van der Waals surface area contributed by atoms with Crippen LogP contribution in [0.3, 0.4) is 0 Å². The third-order valence-electron chi connectivity index (χ3n) is 4.41. The molecule has 166 valence electrons. The highest BCUT2D eigenvalue weighted by molar-refractivity contribution is 6.03. The summed E-state index contributed by atoms with van der Waals surface area (Å²) in [7, 11) is 0. The second-order valence-electron chi connectivity index (χ2n) is 6.62. The number of carbonyl (C=O) groups is 2. The number of halogens is 3. The summed E-state index contributed by atoms with van der Waals surface area (Å²) in [4.78, 5) is 26.8. The molecule has 0 aliphatic rings. The van der Waals surface area contributed by atoms with Crippen LogP contribution in [0, 0.1) is 6.92 Å². The van der Waals surface area contributed by atoms with Gasteiger partial charge in [0, 0.05) is 11.8 Å². The number of aromatic hydroxyl groups is 1. The topological polar surface area (TPSA) is 130 Å². The Balaban J connectivity index is 1.82. The van der Waals surface area contributed by atoms with E-state index in [1.807, 2.05) is 0 Å². The number of carboxylic acids is 1. The summed E-state index contributed by atoms with van der Waals surface area (Å²) in [5.41, 5.74) is 2.16. The fourth-order valence-electron chi connectivity index (χ4n) is 2.80. The number of hydrogen-bond donors (Lipinski definition) is 3. The lowest BCUT2D eigenvalue weighted by Gasteiger charge is -2.07. The van der Waals surface area contributed by atoms with Gasteiger partial charge in [-0.25, -0.2) is 15.2 Å². The van der Waals surface area contributed by atoms with Crippen molar-refractivity contribution in [2.45, 2.75) is 20.0 Å². The quantitative estimate of drug-likeness (QED) is 0.407. The lowest BCUT2D eigenvalue weighted by Crippen LogP contribution is -2.19. The van der Waals surface area contributed by atoms with Crippen molar-refractivity contribution < 1.29 is 33.0 Å². The molecule has 3 N–H and O–H groups in total. The first-order valence-electron chi connectivity index (χ1n) is 8.99. The van der Waals surface area contributed by atoms with Crippen molar-refractivity contribution in [2.75, 3.05) is 0 Å². The summed E-state index contributed by atoms with van der Waals surface area (Å²) in [6.45, 7) is 3.03. The molecule has 0 aliphatic heterocycles. The van der Waals surface area contributed by atoms with Gasteiger partial charge in [0.05, 0.1) is 28.1 Å². The van der Waals surface area contributed by atoms with Crippen LogP contribution >= 0.6 is 0 Å². The Labute approximate surface area is 178 Å². The number of hydrogen-bond acceptors (Lipinski definition) is 6. The van der Waals surface area contributed by atoms with Crippen LogP contribution in [-0.4, -0.2) is 42.6 Å². The molecule has 0 fully saturated rings. The van der Waals surface area contributed by atoms with Gasteiger partial charge in [0.25, 0.3) is 5.91 Å². The molecule has 0 radical (unpaired) electrons. The van der Waals surface area contributed by atoms with Crippen molar-refractivity contribution in [1.29, 1.82) is 0 Å². The van der Waals surface area contributed by atoms with Crippen LogP contribution in [-0.2, 0) is 6.18 Å². The highest BCUT2D eigenvalue weighted by Gasteiger charge is 2.31. The molecule has 3 rings (SSSR count). The molecule has 2 heterocycles. The summed E-state index contributed by atoms with van der Waals surface area (Å²) >= 11 is 0. The number of nitrogens with one attached hydrogen (secondary N) is 1. The highest BCUT2D eigenvalue weighted by Crippen LogP contribution is 2.30. The number of hydrazone groups is 1. The van der Waals surface area contributed by atoms with Crippen LogP contribution in [0.5, 0.6) is 5.88 Å². The third kappa shape index (κ3) is 4.58. The number of carboxylic acid groups (broad SMARTS) is 1. The van der Waals surface area contributed by atoms with Gasteiger partial charge in [-0.3, -0.25) is 4.79 Å². The average Bonchev–Trinajstić information content (AvgIpc) is 3.05. The zero-order chi connectivity index (χ0) is 23.6. The number of alkyl halides is 3. The summed E-state index contributed by atoms with van der Waals surface area (Å²) in [6, 6.07) is 7.06. The molecule has 0 bridgehead atoms. The normalized spacial score (nSPS) is 12.0. The van der Waals surface area contributed by atoms with Crippen molar-refractivity contribution in [3.63, 3.8) is 0 Å². The van der Waals surface area contributed by atoms with E-state index in [0.29, 0.717) is 11.9 Å². The Hall–Kier alpha value is -4.22. The van der Waals surface area contributed by atoms with E-state index in [0.717, 1.165) is 16.8 Å². The Morgan fingerprint density at radius 2 is 1.72 bits per heavy atom. The molecule has 0 unspecified atom stereocenters. The van der Waals surface area contributed by atoms with Crippen LogP contribution < -0.4 is 5.43 Å². The number of nitrogens with zero attached hydrogens (tertiary/aromatic N) is 4. The number of carbonyl (C=O) groups excluding carboxylic acids is 1. The summed E-state index contributed by atoms with van der Waals surface area (Å²) in [5, 5.41) is 27.4. The number of amides is 1. The first kappa shape index (κ1) is 22.5. The minimum Gasteiger partial charge on any atom is -0.493 e. The smallest absolute Gasteiger partial charge is 0.417 e. The molecule has 0 spiro atoms. The van der Waals surface area contributed by atoms with Gasteiger partial charge in [-0.15, -0.1) is 0 Å². The SMILES string of the molecule is CC(=NNC(=O)c1ccc(C(=O)O)cc1)c1c(C)nn(-c2ccc(C(F)(F)F)cn2)c1O. The molecule has 0 atom stereocenters. The second kappa shape index (κ2) is 8.49. The average molecular weight is 447 g/mol. The Morgan fingerprint density at radius 1 is 1.09 bits per heavy atom. The first-order chi connectivity index (χ1) is 15.0. The predicted molar refractivity (Wildman–Crippen MR) is 106 cm³/mol. The van der Waals surface area contributed by atoms with Gasteiger partial charge in [-0.2, -0.15) is 28.1 Å². The first-order valence-corrected chi connectivity index (χ1v) is 8.99. The second-order valence-corrected chi connectivity index (χ2v) is 6.62. The Morgan fingerprint density at radius 3 is 2.25 bits per heavy atom. The summed E-state index contributed by atoms with van der Waals surface area (Å²) < 4.78 is 39.1. The molecule has 0 saturated heterocycles. The molecule has 9 nitrogen and oxygen atoms in total. The van der Waals surface area contributed by atoms with Crippen molar-refractivity contribution in [3.8, 4) is 11.7 Å². The maximum atomic E-state index is 12.7. The largest absolute Gasteiger partial charge is 0.493 e. The number of rotatable bonds is 5. The zero-order valence-electron chi connectivity index (χ0n) is 16.7. The molecular weight excluding hydrogens is 431 g/mol. The van der Waals surface area contributed by atoms with Crippen LogP contribution in [0.25, 0.3) is 5.82 Å². The molecule has 12 heteroatoms. The minimum absolute atomic E-state index is 0.0195. The van der Waals surface area contributed by atoms with Crippen molar-refractivity contribution in [2.24, 2.45) is 5.10 Å². The van der Waals surface area contributed by atoms with Gasteiger partial charge in [0.15, 0.2) is 5.82 Å². The zero-order valence-corrected chi connectivity index (χ0v) is 16.7. The molecule has 32 heavy (non-hydrogen) atoms. The third-order valence-corrected chi connectivity index (χ3v) is 4.41. The fourth-order valence-corrected chi connectivity index (χ4v) is 2.80.